The smallest absolute Gasteiger partial charge is 0.244 e. The van der Waals surface area contributed by atoms with Crippen LogP contribution in [-0.2, 0) is 16.4 Å². The summed E-state index contributed by atoms with van der Waals surface area (Å²) in [6.07, 6.45) is 1.93. The molecule has 0 amide bonds. The molecule has 0 bridgehead atoms. The van der Waals surface area contributed by atoms with E-state index < -0.39 is 10.0 Å². The summed E-state index contributed by atoms with van der Waals surface area (Å²) in [6.45, 7) is 2.37. The number of benzene rings is 2. The van der Waals surface area contributed by atoms with E-state index in [4.69, 9.17) is 4.74 Å². The van der Waals surface area contributed by atoms with Gasteiger partial charge >= 0.3 is 0 Å². The van der Waals surface area contributed by atoms with Gasteiger partial charge in [-0.25, -0.2) is 13.1 Å². The van der Waals surface area contributed by atoms with Crippen molar-refractivity contribution in [3.8, 4) is 5.75 Å². The molecule has 1 N–H and O–H groups in total. The van der Waals surface area contributed by atoms with Gasteiger partial charge in [-0.05, 0) is 37.1 Å². The van der Waals surface area contributed by atoms with Gasteiger partial charge < -0.3 is 4.74 Å². The Balaban J connectivity index is 1.40. The monoisotopic (exact) mass is 358 g/mol. The molecule has 2 aliphatic heterocycles. The van der Waals surface area contributed by atoms with Crippen LogP contribution in [-0.4, -0.2) is 45.1 Å². The highest BCUT2D eigenvalue weighted by atomic mass is 32.2. The Morgan fingerprint density at radius 1 is 1.04 bits per heavy atom. The third-order valence-electron chi connectivity index (χ3n) is 4.85. The number of nitrogens with one attached hydrogen (secondary N) is 1. The largest absolute Gasteiger partial charge is 0.486 e. The molecule has 25 heavy (non-hydrogen) atoms. The first kappa shape index (κ1) is 16.6. The first-order valence-electron chi connectivity index (χ1n) is 8.66. The van der Waals surface area contributed by atoms with Crippen molar-refractivity contribution >= 4 is 10.0 Å². The number of para-hydroxylation sites is 1. The van der Waals surface area contributed by atoms with Crippen LogP contribution in [0.1, 0.15) is 12.0 Å². The zero-order chi connectivity index (χ0) is 17.3. The number of likely N-dealkylation sites (tertiary alicyclic amines) is 1. The second kappa shape index (κ2) is 6.78. The normalized spacial score (nSPS) is 24.8. The van der Waals surface area contributed by atoms with Crippen molar-refractivity contribution in [2.45, 2.75) is 29.9 Å². The lowest BCUT2D eigenvalue weighted by Gasteiger charge is -2.17. The molecule has 5 nitrogen and oxygen atoms in total. The van der Waals surface area contributed by atoms with Gasteiger partial charge in [0.05, 0.1) is 6.04 Å². The van der Waals surface area contributed by atoms with E-state index in [2.05, 4.69) is 33.9 Å². The van der Waals surface area contributed by atoms with Crippen molar-refractivity contribution in [3.05, 3.63) is 60.2 Å². The van der Waals surface area contributed by atoms with Gasteiger partial charge in [0.2, 0.25) is 10.0 Å². The molecule has 2 aromatic carbocycles. The Labute approximate surface area is 148 Å². The van der Waals surface area contributed by atoms with Crippen molar-refractivity contribution in [1.82, 2.24) is 9.62 Å². The van der Waals surface area contributed by atoms with Crippen LogP contribution >= 0.6 is 0 Å². The van der Waals surface area contributed by atoms with Crippen LogP contribution in [0, 0.1) is 0 Å². The van der Waals surface area contributed by atoms with Crippen molar-refractivity contribution in [1.29, 1.82) is 0 Å². The summed E-state index contributed by atoms with van der Waals surface area (Å²) >= 11 is 0. The van der Waals surface area contributed by atoms with Gasteiger partial charge in [0.1, 0.15) is 16.7 Å². The molecule has 132 valence electrons. The fraction of sp³-hybridized carbons (Fsp3) is 0.368. The zero-order valence-corrected chi connectivity index (χ0v) is 14.8. The van der Waals surface area contributed by atoms with Crippen LogP contribution in [0.25, 0.3) is 0 Å². The van der Waals surface area contributed by atoms with Crippen molar-refractivity contribution in [2.75, 3.05) is 19.6 Å². The standard InChI is InChI=1S/C19H22N2O3S/c22-25(23)19-11-5-4-10-17(19)24-18-14-21(13-16(18)20-25)12-6-9-15-7-2-1-3-8-15/h1-5,7-8,10-11,16,18,20H,6,9,12-14H2. The number of sulfonamides is 1. The van der Waals surface area contributed by atoms with Crippen LogP contribution in [0.2, 0.25) is 0 Å². The van der Waals surface area contributed by atoms with Crippen molar-refractivity contribution in [3.63, 3.8) is 0 Å². The minimum absolute atomic E-state index is 0.143. The molecule has 1 saturated heterocycles. The fourth-order valence-corrected chi connectivity index (χ4v) is 5.00. The highest BCUT2D eigenvalue weighted by molar-refractivity contribution is 7.89. The van der Waals surface area contributed by atoms with Crippen LogP contribution in [0.4, 0.5) is 0 Å². The maximum absolute atomic E-state index is 12.5. The van der Waals surface area contributed by atoms with Gasteiger partial charge in [-0.3, -0.25) is 4.90 Å². The van der Waals surface area contributed by atoms with Crippen LogP contribution < -0.4 is 9.46 Å². The van der Waals surface area contributed by atoms with E-state index in [9.17, 15) is 8.42 Å². The minimum atomic E-state index is -3.52. The molecule has 1 fully saturated rings. The summed E-state index contributed by atoms with van der Waals surface area (Å²) in [7, 11) is -3.52. The summed E-state index contributed by atoms with van der Waals surface area (Å²) < 4.78 is 33.9. The lowest BCUT2D eigenvalue weighted by atomic mass is 10.1. The van der Waals surface area contributed by atoms with Crippen molar-refractivity contribution in [2.24, 2.45) is 0 Å². The third kappa shape index (κ3) is 3.56. The van der Waals surface area contributed by atoms with E-state index in [1.807, 2.05) is 6.07 Å². The fourth-order valence-electron chi connectivity index (χ4n) is 3.61. The lowest BCUT2D eigenvalue weighted by Crippen LogP contribution is -2.42. The Morgan fingerprint density at radius 3 is 2.64 bits per heavy atom. The third-order valence-corrected chi connectivity index (χ3v) is 6.38. The summed E-state index contributed by atoms with van der Waals surface area (Å²) in [5.41, 5.74) is 1.33. The second-order valence-electron chi connectivity index (χ2n) is 6.68. The summed E-state index contributed by atoms with van der Waals surface area (Å²) in [4.78, 5) is 2.52. The lowest BCUT2D eigenvalue weighted by molar-refractivity contribution is 0.185. The predicted octanol–water partition coefficient (Wildman–Crippen LogP) is 2.04. The second-order valence-corrected chi connectivity index (χ2v) is 8.36. The summed E-state index contributed by atoms with van der Waals surface area (Å²) in [6, 6.07) is 17.1. The average molecular weight is 358 g/mol. The number of ether oxygens (including phenoxy) is 1. The molecule has 2 aliphatic rings. The first-order chi connectivity index (χ1) is 12.1. The summed E-state index contributed by atoms with van der Waals surface area (Å²) in [5.74, 6) is 0.452. The number of rotatable bonds is 4. The molecule has 2 atom stereocenters. The topological polar surface area (TPSA) is 58.6 Å². The number of aryl methyl sites for hydroxylation is 1. The molecule has 2 aromatic rings. The maximum Gasteiger partial charge on any atom is 0.244 e. The van der Waals surface area contributed by atoms with E-state index in [0.29, 0.717) is 12.3 Å². The van der Waals surface area contributed by atoms with E-state index in [1.54, 1.807) is 24.3 Å². The SMILES string of the molecule is O=S1(=O)NC2CN(CCCc3ccccc3)CC2Oc2ccccc21. The molecule has 0 aliphatic carbocycles. The number of hydrogen-bond acceptors (Lipinski definition) is 4. The molecule has 6 heteroatoms. The highest BCUT2D eigenvalue weighted by Gasteiger charge is 2.40. The zero-order valence-electron chi connectivity index (χ0n) is 14.0. The average Bonchev–Trinajstić information content (AvgIpc) is 2.92. The van der Waals surface area contributed by atoms with E-state index >= 15 is 0 Å². The molecule has 0 aromatic heterocycles. The Morgan fingerprint density at radius 2 is 1.80 bits per heavy atom. The molecular weight excluding hydrogens is 336 g/mol. The van der Waals surface area contributed by atoms with Gasteiger partial charge in [-0.1, -0.05) is 42.5 Å². The van der Waals surface area contributed by atoms with Gasteiger partial charge in [0, 0.05) is 13.1 Å². The highest BCUT2D eigenvalue weighted by Crippen LogP contribution is 2.30. The molecule has 0 radical (unpaired) electrons. The van der Waals surface area contributed by atoms with Crippen LogP contribution in [0.5, 0.6) is 5.75 Å². The quantitative estimate of drug-likeness (QED) is 0.909. The molecule has 4 rings (SSSR count). The number of nitrogens with zero attached hydrogens (tertiary/aromatic N) is 1. The Kier molecular flexibility index (Phi) is 4.50. The molecular formula is C19H22N2O3S. The maximum atomic E-state index is 12.5. The number of hydrogen-bond donors (Lipinski definition) is 1. The van der Waals surface area contributed by atoms with E-state index in [1.165, 1.54) is 5.56 Å². The molecule has 0 spiro atoms. The Hall–Kier alpha value is -1.89. The Bertz CT molecular complexity index is 839. The first-order valence-corrected chi connectivity index (χ1v) is 10.1. The summed E-state index contributed by atoms with van der Waals surface area (Å²) in [5, 5.41) is 0. The minimum Gasteiger partial charge on any atom is -0.486 e. The molecule has 2 heterocycles. The van der Waals surface area contributed by atoms with Crippen molar-refractivity contribution < 1.29 is 13.2 Å². The van der Waals surface area contributed by atoms with Gasteiger partial charge in [0.25, 0.3) is 0 Å². The van der Waals surface area contributed by atoms with Crippen LogP contribution in [0.15, 0.2) is 59.5 Å². The molecule has 2 unspecified atom stereocenters. The van der Waals surface area contributed by atoms with Gasteiger partial charge in [-0.2, -0.15) is 0 Å². The van der Waals surface area contributed by atoms with Gasteiger partial charge in [-0.15, -0.1) is 0 Å². The van der Waals surface area contributed by atoms with E-state index in [-0.39, 0.29) is 17.0 Å². The number of fused-ring (bicyclic) bond motifs is 2. The molecule has 0 saturated carbocycles. The van der Waals surface area contributed by atoms with Gasteiger partial charge in [0.15, 0.2) is 0 Å². The predicted molar refractivity (Wildman–Crippen MR) is 96.2 cm³/mol. The van der Waals surface area contributed by atoms with Crippen LogP contribution in [0.3, 0.4) is 0 Å². The van der Waals surface area contributed by atoms with E-state index in [0.717, 1.165) is 25.9 Å².